The first-order valence-electron chi connectivity index (χ1n) is 29.0. The predicted octanol–water partition coefficient (Wildman–Crippen LogP) is 14.3. The second-order valence-electron chi connectivity index (χ2n) is 20.1. The van der Waals surface area contributed by atoms with Crippen LogP contribution in [0.2, 0.25) is 0 Å². The number of hydrogen-bond donors (Lipinski definition) is 6. The number of ether oxygens (including phenoxy) is 2. The van der Waals surface area contributed by atoms with Crippen molar-refractivity contribution in [1.29, 1.82) is 0 Å². The molecule has 0 spiro atoms. The minimum atomic E-state index is -1.58. The van der Waals surface area contributed by atoms with Crippen LogP contribution in [0, 0.1) is 0 Å². The molecule has 1 fully saturated rings. The molecule has 0 bridgehead atoms. The molecule has 1 aliphatic heterocycles. The molecule has 7 atom stereocenters. The van der Waals surface area contributed by atoms with Gasteiger partial charge in [-0.25, -0.2) is 0 Å². The minimum absolute atomic E-state index is 0.195. The number of carbonyl (C=O) groups is 1. The second kappa shape index (κ2) is 49.5. The van der Waals surface area contributed by atoms with Crippen molar-refractivity contribution in [3.8, 4) is 0 Å². The summed E-state index contributed by atoms with van der Waals surface area (Å²) in [7, 11) is 0. The molecule has 1 amide bonds. The average Bonchev–Trinajstić information content (AvgIpc) is 3.35. The fraction of sp³-hybridized carbons (Fsp3) is 0.817. The molecule has 1 rings (SSSR count). The summed E-state index contributed by atoms with van der Waals surface area (Å²) >= 11 is 0. The van der Waals surface area contributed by atoms with Crippen LogP contribution in [-0.2, 0) is 14.3 Å². The van der Waals surface area contributed by atoms with E-state index >= 15 is 0 Å². The molecule has 1 saturated heterocycles. The molecule has 7 unspecified atom stereocenters. The zero-order chi connectivity index (χ0) is 50.1. The van der Waals surface area contributed by atoms with Crippen LogP contribution < -0.4 is 5.32 Å². The summed E-state index contributed by atoms with van der Waals surface area (Å²) in [4.78, 5) is 13.0. The van der Waals surface area contributed by atoms with E-state index in [0.29, 0.717) is 6.42 Å². The van der Waals surface area contributed by atoms with Crippen LogP contribution >= 0.6 is 0 Å². The quantitative estimate of drug-likeness (QED) is 0.0261. The van der Waals surface area contributed by atoms with E-state index in [2.05, 4.69) is 67.8 Å². The molecule has 1 aliphatic rings. The normalized spacial score (nSPS) is 19.9. The van der Waals surface area contributed by atoms with Gasteiger partial charge in [-0.15, -0.1) is 0 Å². The van der Waals surface area contributed by atoms with Gasteiger partial charge in [-0.3, -0.25) is 4.79 Å². The van der Waals surface area contributed by atoms with E-state index in [1.54, 1.807) is 6.08 Å². The van der Waals surface area contributed by atoms with Crippen LogP contribution in [0.5, 0.6) is 0 Å². The summed E-state index contributed by atoms with van der Waals surface area (Å²) in [5.74, 6) is -0.195. The number of allylic oxidation sites excluding steroid dienone is 9. The topological polar surface area (TPSA) is 149 Å². The molecular formula is C60H109NO8. The van der Waals surface area contributed by atoms with Gasteiger partial charge in [0.25, 0.3) is 0 Å². The van der Waals surface area contributed by atoms with E-state index in [1.807, 2.05) is 6.08 Å². The van der Waals surface area contributed by atoms with Crippen molar-refractivity contribution in [2.45, 2.75) is 301 Å². The average molecular weight is 973 g/mol. The molecule has 0 aromatic carbocycles. The maximum Gasteiger partial charge on any atom is 0.220 e. The largest absolute Gasteiger partial charge is 0.394 e. The molecular weight excluding hydrogens is 863 g/mol. The molecule has 9 heteroatoms. The summed E-state index contributed by atoms with van der Waals surface area (Å²) in [5, 5.41) is 54.5. The van der Waals surface area contributed by atoms with Gasteiger partial charge in [0.05, 0.1) is 25.4 Å². The predicted molar refractivity (Wildman–Crippen MR) is 290 cm³/mol. The van der Waals surface area contributed by atoms with E-state index in [4.69, 9.17) is 9.47 Å². The zero-order valence-corrected chi connectivity index (χ0v) is 44.6. The molecule has 9 nitrogen and oxygen atoms in total. The van der Waals surface area contributed by atoms with Gasteiger partial charge in [-0.1, -0.05) is 235 Å². The fourth-order valence-electron chi connectivity index (χ4n) is 8.93. The van der Waals surface area contributed by atoms with E-state index in [1.165, 1.54) is 173 Å². The van der Waals surface area contributed by atoms with Crippen molar-refractivity contribution in [2.75, 3.05) is 13.2 Å². The van der Waals surface area contributed by atoms with Crippen LogP contribution in [0.4, 0.5) is 0 Å². The summed E-state index contributed by atoms with van der Waals surface area (Å²) in [6.07, 6.45) is 60.0. The van der Waals surface area contributed by atoms with E-state index in [-0.39, 0.29) is 12.5 Å². The number of nitrogens with one attached hydrogen (secondary N) is 1. The SMILES string of the molecule is CCCCC/C=C\C/C=C\CCCCCCCCCCCC(=O)NC(COC1OC(CO)C(O)C(O)C1O)C(O)/C=C/CC/C=C/CC/C=C/CCCCCCCCCCCCCCCCCCC. The van der Waals surface area contributed by atoms with Crippen molar-refractivity contribution in [3.63, 3.8) is 0 Å². The Morgan fingerprint density at radius 2 is 0.870 bits per heavy atom. The van der Waals surface area contributed by atoms with Crippen LogP contribution in [0.25, 0.3) is 0 Å². The number of amides is 1. The van der Waals surface area contributed by atoms with Crippen molar-refractivity contribution < 1.29 is 39.8 Å². The molecule has 6 N–H and O–H groups in total. The number of aliphatic hydroxyl groups excluding tert-OH is 5. The fourth-order valence-corrected chi connectivity index (χ4v) is 8.93. The van der Waals surface area contributed by atoms with Crippen LogP contribution in [0.1, 0.15) is 258 Å². The van der Waals surface area contributed by atoms with Gasteiger partial charge in [0.1, 0.15) is 24.4 Å². The first-order chi connectivity index (χ1) is 33.8. The van der Waals surface area contributed by atoms with Crippen molar-refractivity contribution in [3.05, 3.63) is 60.8 Å². The van der Waals surface area contributed by atoms with E-state index < -0.39 is 49.5 Å². The molecule has 0 aromatic heterocycles. The minimum Gasteiger partial charge on any atom is -0.394 e. The Bertz CT molecular complexity index is 1270. The van der Waals surface area contributed by atoms with Crippen molar-refractivity contribution in [2.24, 2.45) is 0 Å². The number of hydrogen-bond acceptors (Lipinski definition) is 8. The highest BCUT2D eigenvalue weighted by atomic mass is 16.7. The third-order valence-corrected chi connectivity index (χ3v) is 13.5. The molecule has 0 aromatic rings. The molecule has 1 heterocycles. The Morgan fingerprint density at radius 1 is 0.493 bits per heavy atom. The lowest BCUT2D eigenvalue weighted by molar-refractivity contribution is -0.302. The number of aliphatic hydroxyl groups is 5. The second-order valence-corrected chi connectivity index (χ2v) is 20.1. The monoisotopic (exact) mass is 972 g/mol. The highest BCUT2D eigenvalue weighted by Gasteiger charge is 2.44. The zero-order valence-electron chi connectivity index (χ0n) is 44.6. The summed E-state index contributed by atoms with van der Waals surface area (Å²) < 4.78 is 11.2. The standard InChI is InChI=1S/C60H109NO8/c1-3-5-7-9-11-13-15-17-19-21-23-24-25-26-27-28-29-30-32-33-35-37-39-41-43-45-47-49-54(63)53(52-68-60-59(67)58(66)57(65)55(51-62)69-60)61-56(64)50-48-46-44-42-40-38-36-34-31-22-20-18-16-14-12-10-8-6-4-2/h12,14,18,20,32-33,39,41,47,49,53-55,57-60,62-63,65-67H,3-11,13,15-17,19,21-31,34-38,40,42-46,48,50-52H2,1-2H3,(H,61,64)/b14-12-,20-18-,33-32+,41-39+,49-47+. The number of unbranched alkanes of at least 4 members (excludes halogenated alkanes) is 31. The third-order valence-electron chi connectivity index (χ3n) is 13.5. The van der Waals surface area contributed by atoms with Gasteiger partial charge in [0.2, 0.25) is 5.91 Å². The molecule has 402 valence electrons. The summed E-state index contributed by atoms with van der Waals surface area (Å²) in [6.45, 7) is 3.75. The molecule has 69 heavy (non-hydrogen) atoms. The Balaban J connectivity index is 2.27. The lowest BCUT2D eigenvalue weighted by Crippen LogP contribution is -2.60. The molecule has 0 aliphatic carbocycles. The van der Waals surface area contributed by atoms with E-state index in [9.17, 15) is 30.3 Å². The van der Waals surface area contributed by atoms with Gasteiger partial charge in [0.15, 0.2) is 6.29 Å². The third kappa shape index (κ3) is 39.1. The first kappa shape index (κ1) is 64.9. The van der Waals surface area contributed by atoms with Crippen LogP contribution in [0.15, 0.2) is 60.8 Å². The lowest BCUT2D eigenvalue weighted by atomic mass is 9.99. The van der Waals surface area contributed by atoms with Crippen molar-refractivity contribution >= 4 is 5.91 Å². The Kier molecular flexibility index (Phi) is 46.5. The maximum atomic E-state index is 13.0. The molecule has 0 saturated carbocycles. The molecule has 0 radical (unpaired) electrons. The first-order valence-corrected chi connectivity index (χ1v) is 29.0. The van der Waals surface area contributed by atoms with Crippen molar-refractivity contribution in [1.82, 2.24) is 5.32 Å². The van der Waals surface area contributed by atoms with Gasteiger partial charge >= 0.3 is 0 Å². The Hall–Kier alpha value is -2.11. The van der Waals surface area contributed by atoms with Gasteiger partial charge < -0.3 is 40.3 Å². The Labute approximate surface area is 424 Å². The van der Waals surface area contributed by atoms with Crippen LogP contribution in [0.3, 0.4) is 0 Å². The number of rotatable bonds is 49. The smallest absolute Gasteiger partial charge is 0.220 e. The van der Waals surface area contributed by atoms with E-state index in [0.717, 1.165) is 64.2 Å². The summed E-state index contributed by atoms with van der Waals surface area (Å²) in [6, 6.07) is -0.833. The van der Waals surface area contributed by atoms with Crippen LogP contribution in [-0.4, -0.2) is 87.5 Å². The maximum absolute atomic E-state index is 13.0. The van der Waals surface area contributed by atoms with Gasteiger partial charge in [0, 0.05) is 6.42 Å². The highest BCUT2D eigenvalue weighted by Crippen LogP contribution is 2.23. The Morgan fingerprint density at radius 3 is 1.33 bits per heavy atom. The summed E-state index contributed by atoms with van der Waals surface area (Å²) in [5.41, 5.74) is 0. The highest BCUT2D eigenvalue weighted by molar-refractivity contribution is 5.76. The van der Waals surface area contributed by atoms with Gasteiger partial charge in [-0.2, -0.15) is 0 Å². The lowest BCUT2D eigenvalue weighted by Gasteiger charge is -2.40. The number of carbonyl (C=O) groups excluding carboxylic acids is 1. The van der Waals surface area contributed by atoms with Gasteiger partial charge in [-0.05, 0) is 77.0 Å².